The van der Waals surface area contributed by atoms with Gasteiger partial charge in [-0.25, -0.2) is 9.59 Å². The number of nitrogens with zero attached hydrogens (tertiary/aromatic N) is 1. The summed E-state index contributed by atoms with van der Waals surface area (Å²) in [4.78, 5) is 25.1. The molecular weight excluding hydrogens is 272 g/mol. The van der Waals surface area contributed by atoms with Gasteiger partial charge in [0.15, 0.2) is 0 Å². The molecular formula is C15H18N2O4. The Kier molecular flexibility index (Phi) is 3.45. The first-order valence-corrected chi connectivity index (χ1v) is 7.01. The van der Waals surface area contributed by atoms with E-state index in [1.807, 2.05) is 12.1 Å². The van der Waals surface area contributed by atoms with Gasteiger partial charge in [-0.1, -0.05) is 6.42 Å². The lowest BCUT2D eigenvalue weighted by Crippen LogP contribution is -2.37. The monoisotopic (exact) mass is 290 g/mol. The molecule has 1 saturated carbocycles. The van der Waals surface area contributed by atoms with Crippen molar-refractivity contribution in [2.75, 3.05) is 24.4 Å². The number of fused-ring (bicyclic) bond motifs is 3. The average Bonchev–Trinajstić information content (AvgIpc) is 3.06. The maximum atomic E-state index is 12.0. The van der Waals surface area contributed by atoms with Crippen molar-refractivity contribution in [1.82, 2.24) is 0 Å². The van der Waals surface area contributed by atoms with Gasteiger partial charge in [0.25, 0.3) is 0 Å². The summed E-state index contributed by atoms with van der Waals surface area (Å²) in [5.74, 6) is 0.318. The van der Waals surface area contributed by atoms with Crippen LogP contribution in [0.5, 0.6) is 0 Å². The van der Waals surface area contributed by atoms with Crippen molar-refractivity contribution in [2.24, 2.45) is 0 Å². The second kappa shape index (κ2) is 5.27. The Balaban J connectivity index is 1.96. The van der Waals surface area contributed by atoms with E-state index in [9.17, 15) is 9.59 Å². The highest BCUT2D eigenvalue weighted by Crippen LogP contribution is 2.50. The molecule has 6 heteroatoms. The predicted octanol–water partition coefficient (Wildman–Crippen LogP) is 3.09. The van der Waals surface area contributed by atoms with Crippen LogP contribution in [-0.4, -0.2) is 32.4 Å². The van der Waals surface area contributed by atoms with Crippen LogP contribution < -0.4 is 10.2 Å². The van der Waals surface area contributed by atoms with Gasteiger partial charge in [0.1, 0.15) is 0 Å². The normalized spacial score (nSPS) is 22.5. The van der Waals surface area contributed by atoms with Crippen molar-refractivity contribution in [3.8, 4) is 0 Å². The molecule has 0 bridgehead atoms. The predicted molar refractivity (Wildman–Crippen MR) is 77.7 cm³/mol. The molecule has 6 nitrogen and oxygen atoms in total. The molecule has 3 rings (SSSR count). The van der Waals surface area contributed by atoms with Crippen LogP contribution >= 0.6 is 0 Å². The molecule has 1 aromatic rings. The summed E-state index contributed by atoms with van der Waals surface area (Å²) in [6.45, 7) is 0. The van der Waals surface area contributed by atoms with Crippen molar-refractivity contribution >= 4 is 23.6 Å². The fraction of sp³-hybridized carbons (Fsp3) is 0.467. The standard InChI is InChI=1S/C15H18N2O4/c1-20-14(18)16-9-6-7-13-11(8-9)10-4-3-5-12(10)17(13)15(19)21-2/h6-8,10,12H,3-5H2,1-2H3,(H,16,18). The number of methoxy groups -OCH3 is 2. The fourth-order valence-corrected chi connectivity index (χ4v) is 3.44. The van der Waals surface area contributed by atoms with Crippen molar-refractivity contribution < 1.29 is 19.1 Å². The van der Waals surface area contributed by atoms with Gasteiger partial charge < -0.3 is 9.47 Å². The molecule has 2 amide bonds. The lowest BCUT2D eigenvalue weighted by Gasteiger charge is -2.23. The van der Waals surface area contributed by atoms with Gasteiger partial charge in [-0.15, -0.1) is 0 Å². The Morgan fingerprint density at radius 1 is 1.24 bits per heavy atom. The molecule has 1 heterocycles. The third-order valence-corrected chi connectivity index (χ3v) is 4.30. The highest BCUT2D eigenvalue weighted by Gasteiger charge is 2.44. The average molecular weight is 290 g/mol. The lowest BCUT2D eigenvalue weighted by molar-refractivity contribution is 0.176. The Bertz CT molecular complexity index is 587. The third kappa shape index (κ3) is 2.20. The molecule has 1 aliphatic carbocycles. The van der Waals surface area contributed by atoms with E-state index in [4.69, 9.17) is 4.74 Å². The van der Waals surface area contributed by atoms with Crippen molar-refractivity contribution in [3.63, 3.8) is 0 Å². The van der Waals surface area contributed by atoms with Crippen LogP contribution in [-0.2, 0) is 9.47 Å². The first-order chi connectivity index (χ1) is 10.2. The molecule has 0 aromatic heterocycles. The molecule has 0 saturated heterocycles. The Hall–Kier alpha value is -2.24. The lowest BCUT2D eigenvalue weighted by atomic mass is 9.97. The molecule has 1 aromatic carbocycles. The number of carbonyl (C=O) groups excluding carboxylic acids is 2. The first kappa shape index (κ1) is 13.7. The molecule has 21 heavy (non-hydrogen) atoms. The number of benzene rings is 1. The molecule has 1 N–H and O–H groups in total. The van der Waals surface area contributed by atoms with Gasteiger partial charge in [0.2, 0.25) is 0 Å². The highest BCUT2D eigenvalue weighted by molar-refractivity contribution is 5.93. The zero-order valence-electron chi connectivity index (χ0n) is 12.1. The van der Waals surface area contributed by atoms with E-state index in [1.165, 1.54) is 14.2 Å². The van der Waals surface area contributed by atoms with Crippen LogP contribution in [0.25, 0.3) is 0 Å². The second-order valence-electron chi connectivity index (χ2n) is 5.33. The summed E-state index contributed by atoms with van der Waals surface area (Å²) in [6.07, 6.45) is 2.30. The van der Waals surface area contributed by atoms with Gasteiger partial charge in [-0.2, -0.15) is 0 Å². The third-order valence-electron chi connectivity index (χ3n) is 4.30. The summed E-state index contributed by atoms with van der Waals surface area (Å²) in [5, 5.41) is 2.66. The summed E-state index contributed by atoms with van der Waals surface area (Å²) in [5.41, 5.74) is 2.65. The van der Waals surface area contributed by atoms with Crippen molar-refractivity contribution in [3.05, 3.63) is 23.8 Å². The smallest absolute Gasteiger partial charge is 0.414 e. The van der Waals surface area contributed by atoms with E-state index in [1.54, 1.807) is 11.0 Å². The van der Waals surface area contributed by atoms with E-state index in [2.05, 4.69) is 10.1 Å². The van der Waals surface area contributed by atoms with Crippen LogP contribution in [0.4, 0.5) is 21.0 Å². The Morgan fingerprint density at radius 2 is 2.05 bits per heavy atom. The number of carbonyl (C=O) groups is 2. The number of nitrogens with one attached hydrogen (secondary N) is 1. The van der Waals surface area contributed by atoms with Crippen molar-refractivity contribution in [1.29, 1.82) is 0 Å². The van der Waals surface area contributed by atoms with Crippen LogP contribution in [0.15, 0.2) is 18.2 Å². The minimum Gasteiger partial charge on any atom is -0.453 e. The summed E-state index contributed by atoms with van der Waals surface area (Å²) in [7, 11) is 2.73. The van der Waals surface area contributed by atoms with Crippen LogP contribution in [0.3, 0.4) is 0 Å². The Morgan fingerprint density at radius 3 is 2.76 bits per heavy atom. The van der Waals surface area contributed by atoms with Gasteiger partial charge >= 0.3 is 12.2 Å². The van der Waals surface area contributed by atoms with Crippen molar-refractivity contribution in [2.45, 2.75) is 31.2 Å². The molecule has 2 atom stereocenters. The van der Waals surface area contributed by atoms with E-state index in [0.29, 0.717) is 11.6 Å². The number of hydrogen-bond donors (Lipinski definition) is 1. The van der Waals surface area contributed by atoms with Gasteiger partial charge in [0.05, 0.1) is 19.9 Å². The van der Waals surface area contributed by atoms with Crippen LogP contribution in [0.1, 0.15) is 30.7 Å². The number of ether oxygens (including phenoxy) is 2. The topological polar surface area (TPSA) is 67.9 Å². The minimum atomic E-state index is -0.499. The molecule has 2 aliphatic rings. The van der Waals surface area contributed by atoms with E-state index >= 15 is 0 Å². The highest BCUT2D eigenvalue weighted by atomic mass is 16.5. The van der Waals surface area contributed by atoms with Crippen LogP contribution in [0.2, 0.25) is 0 Å². The van der Waals surface area contributed by atoms with E-state index in [0.717, 1.165) is 30.5 Å². The summed E-state index contributed by atoms with van der Waals surface area (Å²) in [6, 6.07) is 5.72. The fourth-order valence-electron chi connectivity index (χ4n) is 3.44. The second-order valence-corrected chi connectivity index (χ2v) is 5.33. The van der Waals surface area contributed by atoms with Gasteiger partial charge in [-0.3, -0.25) is 10.2 Å². The molecule has 2 unspecified atom stereocenters. The first-order valence-electron chi connectivity index (χ1n) is 7.01. The summed E-state index contributed by atoms with van der Waals surface area (Å²) >= 11 is 0. The SMILES string of the molecule is COC(=O)Nc1ccc2c(c1)C1CCCC1N2C(=O)OC. The van der Waals surface area contributed by atoms with Crippen LogP contribution in [0, 0.1) is 0 Å². The largest absolute Gasteiger partial charge is 0.453 e. The Labute approximate surface area is 123 Å². The number of anilines is 2. The maximum Gasteiger partial charge on any atom is 0.414 e. The molecule has 1 aliphatic heterocycles. The summed E-state index contributed by atoms with van der Waals surface area (Å²) < 4.78 is 9.51. The molecule has 0 spiro atoms. The van der Waals surface area contributed by atoms with Gasteiger partial charge in [-0.05, 0) is 36.6 Å². The number of amides is 2. The van der Waals surface area contributed by atoms with E-state index in [-0.39, 0.29) is 12.1 Å². The number of rotatable bonds is 1. The zero-order chi connectivity index (χ0) is 15.0. The molecule has 1 fully saturated rings. The van der Waals surface area contributed by atoms with E-state index < -0.39 is 6.09 Å². The quantitative estimate of drug-likeness (QED) is 0.863. The maximum absolute atomic E-state index is 12.0. The molecule has 0 radical (unpaired) electrons. The van der Waals surface area contributed by atoms with Gasteiger partial charge in [0, 0.05) is 17.6 Å². The zero-order valence-corrected chi connectivity index (χ0v) is 12.1. The number of hydrogen-bond acceptors (Lipinski definition) is 4. The minimum absolute atomic E-state index is 0.167. The molecule has 112 valence electrons.